The van der Waals surface area contributed by atoms with Gasteiger partial charge in [-0.3, -0.25) is 4.79 Å². The standard InChI is InChI=1S/C5H6N2OS/c1-3(8)4(2-6)5(7)9/h4H,1H3,(H2,7,9)/t4-/m0/s1. The number of carbonyl (C=O) groups is 1. The lowest BCUT2D eigenvalue weighted by Gasteiger charge is -1.98. The van der Waals surface area contributed by atoms with Crippen LogP contribution >= 0.6 is 12.2 Å². The Balaban J connectivity index is 4.22. The first kappa shape index (κ1) is 8.05. The molecule has 0 aliphatic carbocycles. The van der Waals surface area contributed by atoms with Gasteiger partial charge in [0.15, 0.2) is 11.7 Å². The van der Waals surface area contributed by atoms with E-state index in [9.17, 15) is 4.79 Å². The summed E-state index contributed by atoms with van der Waals surface area (Å²) >= 11 is 4.43. The number of ketones is 1. The lowest BCUT2D eigenvalue weighted by Crippen LogP contribution is -2.25. The van der Waals surface area contributed by atoms with Crippen molar-refractivity contribution in [3.63, 3.8) is 0 Å². The maximum Gasteiger partial charge on any atom is 0.154 e. The largest absolute Gasteiger partial charge is 0.392 e. The average Bonchev–Trinajstić information content (AvgIpc) is 1.64. The van der Waals surface area contributed by atoms with E-state index in [0.29, 0.717) is 0 Å². The first-order valence-corrected chi connectivity index (χ1v) is 2.69. The van der Waals surface area contributed by atoms with Gasteiger partial charge in [-0.2, -0.15) is 5.26 Å². The Morgan fingerprint density at radius 3 is 2.33 bits per heavy atom. The fourth-order valence-corrected chi connectivity index (χ4v) is 0.574. The molecule has 0 unspecified atom stereocenters. The summed E-state index contributed by atoms with van der Waals surface area (Å²) in [6.07, 6.45) is 0. The fourth-order valence-electron chi connectivity index (χ4n) is 0.355. The molecule has 9 heavy (non-hydrogen) atoms. The smallest absolute Gasteiger partial charge is 0.154 e. The van der Waals surface area contributed by atoms with E-state index in [0.717, 1.165) is 0 Å². The summed E-state index contributed by atoms with van der Waals surface area (Å²) in [6, 6.07) is 1.69. The van der Waals surface area contributed by atoms with E-state index in [-0.39, 0.29) is 10.8 Å². The zero-order chi connectivity index (χ0) is 7.44. The topological polar surface area (TPSA) is 66.9 Å². The van der Waals surface area contributed by atoms with Crippen molar-refractivity contribution in [3.8, 4) is 6.07 Å². The zero-order valence-corrected chi connectivity index (χ0v) is 5.73. The molecule has 0 aromatic heterocycles. The third-order valence-electron chi connectivity index (χ3n) is 0.820. The van der Waals surface area contributed by atoms with Crippen LogP contribution in [0.15, 0.2) is 0 Å². The van der Waals surface area contributed by atoms with Crippen LogP contribution in [-0.4, -0.2) is 10.8 Å². The van der Waals surface area contributed by atoms with Crippen LogP contribution in [0.1, 0.15) is 6.92 Å². The number of thiocarbonyl (C=S) groups is 1. The van der Waals surface area contributed by atoms with Crippen LogP contribution in [0.2, 0.25) is 0 Å². The second-order valence-corrected chi connectivity index (χ2v) is 2.05. The van der Waals surface area contributed by atoms with Gasteiger partial charge >= 0.3 is 0 Å². The summed E-state index contributed by atoms with van der Waals surface area (Å²) < 4.78 is 0. The second-order valence-electron chi connectivity index (χ2n) is 1.58. The molecule has 0 rings (SSSR count). The summed E-state index contributed by atoms with van der Waals surface area (Å²) in [5, 5.41) is 8.23. The molecule has 4 heteroatoms. The van der Waals surface area contributed by atoms with E-state index in [2.05, 4.69) is 12.2 Å². The minimum atomic E-state index is -0.903. The molecular weight excluding hydrogens is 136 g/mol. The highest BCUT2D eigenvalue weighted by Crippen LogP contribution is 1.94. The Morgan fingerprint density at radius 2 is 2.33 bits per heavy atom. The van der Waals surface area contributed by atoms with Gasteiger partial charge in [0.1, 0.15) is 0 Å². The molecule has 0 aliphatic rings. The first-order valence-electron chi connectivity index (χ1n) is 2.29. The highest BCUT2D eigenvalue weighted by Gasteiger charge is 2.14. The van der Waals surface area contributed by atoms with Gasteiger partial charge < -0.3 is 5.73 Å². The Bertz CT molecular complexity index is 168. The number of nitrogens with zero attached hydrogens (tertiary/aromatic N) is 1. The van der Waals surface area contributed by atoms with Gasteiger partial charge in [-0.05, 0) is 6.92 Å². The van der Waals surface area contributed by atoms with E-state index in [1.165, 1.54) is 6.92 Å². The molecule has 48 valence electrons. The van der Waals surface area contributed by atoms with Crippen molar-refractivity contribution in [3.05, 3.63) is 0 Å². The van der Waals surface area contributed by atoms with E-state index in [4.69, 9.17) is 11.0 Å². The quantitative estimate of drug-likeness (QED) is 0.551. The number of rotatable bonds is 2. The van der Waals surface area contributed by atoms with Gasteiger partial charge in [0, 0.05) is 0 Å². The van der Waals surface area contributed by atoms with E-state index in [1.54, 1.807) is 6.07 Å². The van der Waals surface area contributed by atoms with Gasteiger partial charge in [0.2, 0.25) is 0 Å². The molecule has 2 N–H and O–H groups in total. The molecule has 0 amide bonds. The molecule has 1 atom stereocenters. The minimum Gasteiger partial charge on any atom is -0.392 e. The van der Waals surface area contributed by atoms with Crippen LogP contribution in [0.3, 0.4) is 0 Å². The molecule has 0 spiro atoms. The summed E-state index contributed by atoms with van der Waals surface area (Å²) in [6.45, 7) is 1.28. The lowest BCUT2D eigenvalue weighted by molar-refractivity contribution is -0.117. The van der Waals surface area contributed by atoms with Crippen LogP contribution < -0.4 is 5.73 Å². The van der Waals surface area contributed by atoms with Crippen molar-refractivity contribution in [2.24, 2.45) is 11.7 Å². The molecule has 0 saturated carbocycles. The first-order chi connectivity index (χ1) is 4.09. The van der Waals surface area contributed by atoms with Crippen LogP contribution in [0.4, 0.5) is 0 Å². The summed E-state index contributed by atoms with van der Waals surface area (Å²) in [5.41, 5.74) is 5.04. The fraction of sp³-hybridized carbons (Fsp3) is 0.400. The summed E-state index contributed by atoms with van der Waals surface area (Å²) in [7, 11) is 0. The van der Waals surface area contributed by atoms with Crippen molar-refractivity contribution >= 4 is 23.0 Å². The van der Waals surface area contributed by atoms with Crippen LogP contribution in [-0.2, 0) is 4.79 Å². The van der Waals surface area contributed by atoms with Crippen LogP contribution in [0, 0.1) is 17.2 Å². The molecule has 0 bridgehead atoms. The molecule has 0 aromatic rings. The number of hydrogen-bond donors (Lipinski definition) is 1. The van der Waals surface area contributed by atoms with Gasteiger partial charge in [0.05, 0.1) is 11.1 Å². The Labute approximate surface area is 58.5 Å². The molecule has 0 heterocycles. The van der Waals surface area contributed by atoms with E-state index in [1.807, 2.05) is 0 Å². The average molecular weight is 142 g/mol. The molecule has 0 radical (unpaired) electrons. The number of hydrogen-bond acceptors (Lipinski definition) is 3. The summed E-state index contributed by atoms with van der Waals surface area (Å²) in [4.78, 5) is 10.4. The van der Waals surface area contributed by atoms with Gasteiger partial charge in [0.25, 0.3) is 0 Å². The van der Waals surface area contributed by atoms with Crippen LogP contribution in [0.25, 0.3) is 0 Å². The lowest BCUT2D eigenvalue weighted by atomic mass is 10.1. The van der Waals surface area contributed by atoms with Gasteiger partial charge in [-0.1, -0.05) is 12.2 Å². The number of nitriles is 1. The third-order valence-corrected chi connectivity index (χ3v) is 1.06. The van der Waals surface area contributed by atoms with E-state index >= 15 is 0 Å². The second kappa shape index (κ2) is 3.15. The van der Waals surface area contributed by atoms with Crippen molar-refractivity contribution in [1.82, 2.24) is 0 Å². The highest BCUT2D eigenvalue weighted by atomic mass is 32.1. The minimum absolute atomic E-state index is 0.0509. The van der Waals surface area contributed by atoms with Crippen molar-refractivity contribution in [2.45, 2.75) is 6.92 Å². The van der Waals surface area contributed by atoms with Gasteiger partial charge in [-0.15, -0.1) is 0 Å². The predicted molar refractivity (Wildman–Crippen MR) is 36.6 cm³/mol. The van der Waals surface area contributed by atoms with Crippen molar-refractivity contribution < 1.29 is 4.79 Å². The molecule has 0 fully saturated rings. The van der Waals surface area contributed by atoms with Crippen molar-refractivity contribution in [2.75, 3.05) is 0 Å². The number of nitrogens with two attached hydrogens (primary N) is 1. The maximum atomic E-state index is 10.4. The van der Waals surface area contributed by atoms with Crippen molar-refractivity contribution in [1.29, 1.82) is 5.26 Å². The molecule has 3 nitrogen and oxygen atoms in total. The Hall–Kier alpha value is -0.950. The normalized spacial score (nSPS) is 11.6. The SMILES string of the molecule is CC(=O)[C@H](C#N)C(N)=S. The monoisotopic (exact) mass is 142 g/mol. The molecule has 0 aromatic carbocycles. The highest BCUT2D eigenvalue weighted by molar-refractivity contribution is 7.80. The Morgan fingerprint density at radius 1 is 1.89 bits per heavy atom. The van der Waals surface area contributed by atoms with E-state index < -0.39 is 5.92 Å². The number of Topliss-reactive ketones (excluding diaryl/α,β-unsaturated/α-hetero) is 1. The molecule has 0 saturated heterocycles. The van der Waals surface area contributed by atoms with Gasteiger partial charge in [-0.25, -0.2) is 0 Å². The predicted octanol–water partition coefficient (Wildman–Crippen LogP) is 0.00128. The maximum absolute atomic E-state index is 10.4. The summed E-state index contributed by atoms with van der Waals surface area (Å²) in [5.74, 6) is -1.20. The molecule has 0 aliphatic heterocycles. The Kier molecular flexibility index (Phi) is 2.82. The molecular formula is C5H6N2OS. The third kappa shape index (κ3) is 2.20. The van der Waals surface area contributed by atoms with Crippen LogP contribution in [0.5, 0.6) is 0 Å². The zero-order valence-electron chi connectivity index (χ0n) is 4.92. The number of carbonyl (C=O) groups excluding carboxylic acids is 1.